The van der Waals surface area contributed by atoms with E-state index >= 15 is 0 Å². The lowest BCUT2D eigenvalue weighted by Gasteiger charge is -2.08. The van der Waals surface area contributed by atoms with Gasteiger partial charge in [-0.05, 0) is 18.6 Å². The smallest absolute Gasteiger partial charge is 0.306 e. The van der Waals surface area contributed by atoms with Crippen LogP contribution in [0.3, 0.4) is 0 Å². The first-order valence-corrected chi connectivity index (χ1v) is 5.47. The highest BCUT2D eigenvalue weighted by atomic mass is 16.4. The van der Waals surface area contributed by atoms with Crippen LogP contribution in [-0.2, 0) is 4.79 Å². The third-order valence-electron chi connectivity index (χ3n) is 2.66. The average molecular weight is 234 g/mol. The number of oxazole rings is 1. The molecule has 0 aliphatic carbocycles. The first-order valence-electron chi connectivity index (χ1n) is 5.47. The number of hydrogen-bond acceptors (Lipinski definition) is 4. The summed E-state index contributed by atoms with van der Waals surface area (Å²) in [4.78, 5) is 14.7. The van der Waals surface area contributed by atoms with E-state index in [1.54, 1.807) is 6.92 Å². The molecule has 2 rings (SSSR count). The fraction of sp³-hybridized carbons (Fsp3) is 0.333. The van der Waals surface area contributed by atoms with Crippen LogP contribution < -0.4 is 5.32 Å². The molecule has 5 heteroatoms. The van der Waals surface area contributed by atoms with Gasteiger partial charge in [0.05, 0.1) is 5.92 Å². The molecular formula is C12H14N2O3. The van der Waals surface area contributed by atoms with E-state index in [1.807, 2.05) is 18.2 Å². The van der Waals surface area contributed by atoms with E-state index in [9.17, 15) is 4.79 Å². The zero-order chi connectivity index (χ0) is 12.3. The van der Waals surface area contributed by atoms with Crippen LogP contribution in [0.2, 0.25) is 0 Å². The quantitative estimate of drug-likeness (QED) is 0.830. The van der Waals surface area contributed by atoms with Crippen molar-refractivity contribution in [2.45, 2.75) is 13.3 Å². The van der Waals surface area contributed by atoms with Gasteiger partial charge in [-0.2, -0.15) is 0 Å². The summed E-state index contributed by atoms with van der Waals surface area (Å²) < 4.78 is 5.18. The second kappa shape index (κ2) is 4.86. The van der Waals surface area contributed by atoms with Crippen LogP contribution in [0.4, 0.5) is 5.69 Å². The fourth-order valence-electron chi connectivity index (χ4n) is 1.52. The summed E-state index contributed by atoms with van der Waals surface area (Å²) in [6.07, 6.45) is 1.99. The van der Waals surface area contributed by atoms with Crippen molar-refractivity contribution in [2.24, 2.45) is 5.92 Å². The number of aromatic nitrogens is 1. The molecule has 0 aliphatic heterocycles. The maximum atomic E-state index is 10.6. The van der Waals surface area contributed by atoms with E-state index in [2.05, 4.69) is 10.3 Å². The Bertz CT molecular complexity index is 521. The standard InChI is InChI=1S/C12H14N2O3/c1-8(12(15)16)4-5-13-9-2-3-10-11(6-9)17-7-14-10/h2-3,6-8,13H,4-5H2,1H3,(H,15,16). The molecule has 0 saturated carbocycles. The number of fused-ring (bicyclic) bond motifs is 1. The van der Waals surface area contributed by atoms with Crippen molar-refractivity contribution in [1.29, 1.82) is 0 Å². The number of carboxylic acid groups (broad SMARTS) is 1. The van der Waals surface area contributed by atoms with Crippen LogP contribution in [0.5, 0.6) is 0 Å². The highest BCUT2D eigenvalue weighted by molar-refractivity contribution is 5.76. The number of nitrogens with one attached hydrogen (secondary N) is 1. The van der Waals surface area contributed by atoms with E-state index < -0.39 is 5.97 Å². The Morgan fingerprint density at radius 1 is 1.59 bits per heavy atom. The van der Waals surface area contributed by atoms with Crippen LogP contribution in [0.15, 0.2) is 29.0 Å². The van der Waals surface area contributed by atoms with Gasteiger partial charge in [-0.25, -0.2) is 4.98 Å². The van der Waals surface area contributed by atoms with Crippen molar-refractivity contribution in [3.05, 3.63) is 24.6 Å². The van der Waals surface area contributed by atoms with E-state index in [4.69, 9.17) is 9.52 Å². The Labute approximate surface area is 98.5 Å². The van der Waals surface area contributed by atoms with Gasteiger partial charge in [0.1, 0.15) is 5.52 Å². The summed E-state index contributed by atoms with van der Waals surface area (Å²) in [7, 11) is 0. The first kappa shape index (κ1) is 11.4. The van der Waals surface area contributed by atoms with Crippen LogP contribution in [-0.4, -0.2) is 22.6 Å². The van der Waals surface area contributed by atoms with Gasteiger partial charge in [-0.1, -0.05) is 6.92 Å². The van der Waals surface area contributed by atoms with Gasteiger partial charge >= 0.3 is 5.97 Å². The molecular weight excluding hydrogens is 220 g/mol. The number of anilines is 1. The van der Waals surface area contributed by atoms with Crippen molar-refractivity contribution in [3.63, 3.8) is 0 Å². The molecule has 1 atom stereocenters. The summed E-state index contributed by atoms with van der Waals surface area (Å²) in [5, 5.41) is 11.9. The SMILES string of the molecule is CC(CCNc1ccc2ncoc2c1)C(=O)O. The highest BCUT2D eigenvalue weighted by Crippen LogP contribution is 2.17. The Kier molecular flexibility index (Phi) is 3.27. The number of benzene rings is 1. The molecule has 1 aromatic carbocycles. The van der Waals surface area contributed by atoms with Crippen molar-refractivity contribution >= 4 is 22.8 Å². The van der Waals surface area contributed by atoms with E-state index in [0.717, 1.165) is 16.8 Å². The number of rotatable bonds is 5. The molecule has 1 unspecified atom stereocenters. The van der Waals surface area contributed by atoms with Gasteiger partial charge in [-0.15, -0.1) is 0 Å². The van der Waals surface area contributed by atoms with Crippen molar-refractivity contribution < 1.29 is 14.3 Å². The van der Waals surface area contributed by atoms with Crippen LogP contribution in [0.25, 0.3) is 11.1 Å². The molecule has 0 radical (unpaired) electrons. The number of hydrogen-bond donors (Lipinski definition) is 2. The molecule has 0 aliphatic rings. The second-order valence-corrected chi connectivity index (χ2v) is 3.99. The Hall–Kier alpha value is -2.04. The van der Waals surface area contributed by atoms with E-state index in [0.29, 0.717) is 13.0 Å². The second-order valence-electron chi connectivity index (χ2n) is 3.99. The lowest BCUT2D eigenvalue weighted by Crippen LogP contribution is -2.14. The molecule has 2 N–H and O–H groups in total. The van der Waals surface area contributed by atoms with Crippen LogP contribution >= 0.6 is 0 Å². The molecule has 1 heterocycles. The Morgan fingerprint density at radius 2 is 2.41 bits per heavy atom. The average Bonchev–Trinajstić information content (AvgIpc) is 2.75. The number of nitrogens with zero attached hydrogens (tertiary/aromatic N) is 1. The molecule has 1 aromatic heterocycles. The zero-order valence-electron chi connectivity index (χ0n) is 9.51. The van der Waals surface area contributed by atoms with Gasteiger partial charge in [0, 0.05) is 18.3 Å². The third kappa shape index (κ3) is 2.75. The maximum Gasteiger partial charge on any atom is 0.306 e. The van der Waals surface area contributed by atoms with Crippen LogP contribution in [0.1, 0.15) is 13.3 Å². The molecule has 5 nitrogen and oxygen atoms in total. The number of carbonyl (C=O) groups is 1. The maximum absolute atomic E-state index is 10.6. The molecule has 0 spiro atoms. The summed E-state index contributed by atoms with van der Waals surface area (Å²) in [5.41, 5.74) is 2.45. The summed E-state index contributed by atoms with van der Waals surface area (Å²) >= 11 is 0. The van der Waals surface area contributed by atoms with Crippen LogP contribution in [0, 0.1) is 5.92 Å². The molecule has 0 fully saturated rings. The molecule has 0 bridgehead atoms. The van der Waals surface area contributed by atoms with E-state index in [1.165, 1.54) is 6.39 Å². The van der Waals surface area contributed by atoms with Gasteiger partial charge in [0.2, 0.25) is 0 Å². The molecule has 2 aromatic rings. The van der Waals surface area contributed by atoms with E-state index in [-0.39, 0.29) is 5.92 Å². The normalized spacial score (nSPS) is 12.5. The predicted molar refractivity (Wildman–Crippen MR) is 63.9 cm³/mol. The number of carboxylic acids is 1. The molecule has 0 amide bonds. The molecule has 90 valence electrons. The van der Waals surface area contributed by atoms with Gasteiger partial charge < -0.3 is 14.8 Å². The topological polar surface area (TPSA) is 75.4 Å². The number of aliphatic carboxylic acids is 1. The minimum atomic E-state index is -0.766. The molecule has 0 saturated heterocycles. The zero-order valence-corrected chi connectivity index (χ0v) is 9.51. The predicted octanol–water partition coefficient (Wildman–Crippen LogP) is 2.35. The molecule has 17 heavy (non-hydrogen) atoms. The lowest BCUT2D eigenvalue weighted by atomic mass is 10.1. The van der Waals surface area contributed by atoms with Crippen molar-refractivity contribution in [3.8, 4) is 0 Å². The minimum Gasteiger partial charge on any atom is -0.481 e. The summed E-state index contributed by atoms with van der Waals surface area (Å²) in [6, 6.07) is 5.62. The van der Waals surface area contributed by atoms with Crippen molar-refractivity contribution in [2.75, 3.05) is 11.9 Å². The first-order chi connectivity index (χ1) is 8.16. The van der Waals surface area contributed by atoms with Gasteiger partial charge in [0.15, 0.2) is 12.0 Å². The monoisotopic (exact) mass is 234 g/mol. The lowest BCUT2D eigenvalue weighted by molar-refractivity contribution is -0.141. The largest absolute Gasteiger partial charge is 0.481 e. The Morgan fingerprint density at radius 3 is 3.18 bits per heavy atom. The fourth-order valence-corrected chi connectivity index (χ4v) is 1.52. The third-order valence-corrected chi connectivity index (χ3v) is 2.66. The summed E-state index contributed by atoms with van der Waals surface area (Å²) in [6.45, 7) is 2.32. The Balaban J connectivity index is 1.92. The highest BCUT2D eigenvalue weighted by Gasteiger charge is 2.09. The minimum absolute atomic E-state index is 0.337. The van der Waals surface area contributed by atoms with Gasteiger partial charge in [0.25, 0.3) is 0 Å². The van der Waals surface area contributed by atoms with Gasteiger partial charge in [-0.3, -0.25) is 4.79 Å². The van der Waals surface area contributed by atoms with Crippen molar-refractivity contribution in [1.82, 2.24) is 4.98 Å². The summed E-state index contributed by atoms with van der Waals surface area (Å²) in [5.74, 6) is -1.10.